The first kappa shape index (κ1) is 13.8. The van der Waals surface area contributed by atoms with Crippen LogP contribution in [0, 0.1) is 13.8 Å². The molecule has 3 rings (SSSR count). The number of nitrogens with zero attached hydrogens (tertiary/aromatic N) is 3. The van der Waals surface area contributed by atoms with Crippen molar-refractivity contribution in [3.05, 3.63) is 47.0 Å². The number of aromatic amines is 1. The van der Waals surface area contributed by atoms with E-state index in [0.717, 1.165) is 42.0 Å². The molecule has 2 aromatic heterocycles. The quantitative estimate of drug-likeness (QED) is 0.941. The van der Waals surface area contributed by atoms with Crippen LogP contribution in [-0.4, -0.2) is 32.5 Å². The van der Waals surface area contributed by atoms with Gasteiger partial charge in [0.25, 0.3) is 0 Å². The number of nitrogens with one attached hydrogen (secondary N) is 1. The van der Waals surface area contributed by atoms with E-state index in [9.17, 15) is 4.79 Å². The second-order valence-corrected chi connectivity index (χ2v) is 5.59. The van der Waals surface area contributed by atoms with E-state index in [2.05, 4.69) is 15.2 Å². The monoisotopic (exact) mass is 284 g/mol. The van der Waals surface area contributed by atoms with Crippen LogP contribution in [0.5, 0.6) is 0 Å². The molecule has 0 aromatic carbocycles. The Bertz CT molecular complexity index is 615. The van der Waals surface area contributed by atoms with Gasteiger partial charge in [-0.2, -0.15) is 5.10 Å². The van der Waals surface area contributed by atoms with Gasteiger partial charge in [0.2, 0.25) is 5.91 Å². The molecule has 5 heteroatoms. The third-order valence-electron chi connectivity index (χ3n) is 4.21. The van der Waals surface area contributed by atoms with E-state index < -0.39 is 0 Å². The third kappa shape index (κ3) is 2.68. The number of aryl methyl sites for hydroxylation is 2. The van der Waals surface area contributed by atoms with Gasteiger partial charge < -0.3 is 4.90 Å². The molecule has 1 unspecified atom stereocenters. The molecule has 0 spiro atoms. The third-order valence-corrected chi connectivity index (χ3v) is 4.21. The number of hydrogen-bond acceptors (Lipinski definition) is 3. The standard InChI is InChI=1S/C16H20N4O/c1-11-13(12(2)19-18-11)10-16(21)20-9-5-7-15(20)14-6-3-4-8-17-14/h3-4,6,8,15H,5,7,9-10H2,1-2H3,(H,18,19). The lowest BCUT2D eigenvalue weighted by Crippen LogP contribution is -2.32. The second kappa shape index (κ2) is 5.68. The Morgan fingerprint density at radius 3 is 2.95 bits per heavy atom. The molecule has 0 saturated carbocycles. The number of aromatic nitrogens is 3. The van der Waals surface area contributed by atoms with Gasteiger partial charge in [-0.25, -0.2) is 0 Å². The molecule has 0 aliphatic carbocycles. The van der Waals surface area contributed by atoms with Crippen LogP contribution in [0.2, 0.25) is 0 Å². The number of rotatable bonds is 3. The lowest BCUT2D eigenvalue weighted by molar-refractivity contribution is -0.131. The molecule has 1 fully saturated rings. The molecule has 5 nitrogen and oxygen atoms in total. The van der Waals surface area contributed by atoms with Gasteiger partial charge in [0, 0.05) is 24.0 Å². The number of pyridine rings is 1. The van der Waals surface area contributed by atoms with Crippen molar-refractivity contribution >= 4 is 5.91 Å². The van der Waals surface area contributed by atoms with Gasteiger partial charge in [-0.3, -0.25) is 14.9 Å². The van der Waals surface area contributed by atoms with Crippen molar-refractivity contribution in [2.75, 3.05) is 6.54 Å². The molecular formula is C16H20N4O. The average molecular weight is 284 g/mol. The molecule has 1 N–H and O–H groups in total. The van der Waals surface area contributed by atoms with Gasteiger partial charge in [0.15, 0.2) is 0 Å². The van der Waals surface area contributed by atoms with Gasteiger partial charge >= 0.3 is 0 Å². The maximum Gasteiger partial charge on any atom is 0.227 e. The summed E-state index contributed by atoms with van der Waals surface area (Å²) in [6, 6.07) is 6.01. The van der Waals surface area contributed by atoms with E-state index in [1.165, 1.54) is 0 Å². The largest absolute Gasteiger partial charge is 0.334 e. The predicted molar refractivity (Wildman–Crippen MR) is 79.7 cm³/mol. The zero-order valence-corrected chi connectivity index (χ0v) is 12.5. The van der Waals surface area contributed by atoms with Crippen LogP contribution in [0.25, 0.3) is 0 Å². The van der Waals surface area contributed by atoms with Crippen LogP contribution >= 0.6 is 0 Å². The maximum absolute atomic E-state index is 12.7. The van der Waals surface area contributed by atoms with Gasteiger partial charge in [-0.05, 0) is 38.8 Å². The van der Waals surface area contributed by atoms with Gasteiger partial charge in [-0.15, -0.1) is 0 Å². The highest BCUT2D eigenvalue weighted by Crippen LogP contribution is 2.31. The van der Waals surface area contributed by atoms with Crippen LogP contribution in [-0.2, 0) is 11.2 Å². The number of likely N-dealkylation sites (tertiary alicyclic amines) is 1. The predicted octanol–water partition coefficient (Wildman–Crippen LogP) is 2.33. The summed E-state index contributed by atoms with van der Waals surface area (Å²) in [5.41, 5.74) is 3.90. The summed E-state index contributed by atoms with van der Waals surface area (Å²) in [5.74, 6) is 0.163. The lowest BCUT2D eigenvalue weighted by Gasteiger charge is -2.24. The van der Waals surface area contributed by atoms with Crippen LogP contribution < -0.4 is 0 Å². The number of hydrogen-bond donors (Lipinski definition) is 1. The Balaban J connectivity index is 1.78. The molecule has 0 radical (unpaired) electrons. The number of carbonyl (C=O) groups is 1. The highest BCUT2D eigenvalue weighted by atomic mass is 16.2. The first-order valence-corrected chi connectivity index (χ1v) is 7.37. The van der Waals surface area contributed by atoms with Crippen molar-refractivity contribution in [1.29, 1.82) is 0 Å². The van der Waals surface area contributed by atoms with Crippen LogP contribution in [0.15, 0.2) is 24.4 Å². The Labute approximate surface area is 124 Å². The summed E-state index contributed by atoms with van der Waals surface area (Å²) in [5, 5.41) is 7.11. The zero-order chi connectivity index (χ0) is 14.8. The van der Waals surface area contributed by atoms with E-state index >= 15 is 0 Å². The Hall–Kier alpha value is -2.17. The molecule has 1 aliphatic heterocycles. The molecule has 1 saturated heterocycles. The Morgan fingerprint density at radius 1 is 1.43 bits per heavy atom. The zero-order valence-electron chi connectivity index (χ0n) is 12.5. The normalized spacial score (nSPS) is 18.2. The minimum Gasteiger partial charge on any atom is -0.334 e. The Kier molecular flexibility index (Phi) is 3.73. The summed E-state index contributed by atoms with van der Waals surface area (Å²) in [7, 11) is 0. The molecule has 110 valence electrons. The van der Waals surface area contributed by atoms with Crippen molar-refractivity contribution in [1.82, 2.24) is 20.1 Å². The van der Waals surface area contributed by atoms with E-state index in [4.69, 9.17) is 0 Å². The van der Waals surface area contributed by atoms with Crippen molar-refractivity contribution in [2.45, 2.75) is 39.2 Å². The fourth-order valence-electron chi connectivity index (χ4n) is 3.03. The lowest BCUT2D eigenvalue weighted by atomic mass is 10.1. The van der Waals surface area contributed by atoms with Crippen LogP contribution in [0.3, 0.4) is 0 Å². The first-order valence-electron chi connectivity index (χ1n) is 7.37. The Morgan fingerprint density at radius 2 is 2.29 bits per heavy atom. The minimum absolute atomic E-state index is 0.117. The molecular weight excluding hydrogens is 264 g/mol. The van der Waals surface area contributed by atoms with Crippen molar-refractivity contribution in [3.8, 4) is 0 Å². The number of H-pyrrole nitrogens is 1. The maximum atomic E-state index is 12.7. The number of amides is 1. The summed E-state index contributed by atoms with van der Waals surface area (Å²) in [6.45, 7) is 4.71. The van der Waals surface area contributed by atoms with E-state index in [-0.39, 0.29) is 11.9 Å². The van der Waals surface area contributed by atoms with Crippen LogP contribution in [0.1, 0.15) is 41.5 Å². The van der Waals surface area contributed by atoms with Gasteiger partial charge in [0.05, 0.1) is 23.9 Å². The number of carbonyl (C=O) groups excluding carboxylic acids is 1. The van der Waals surface area contributed by atoms with Crippen molar-refractivity contribution in [3.63, 3.8) is 0 Å². The summed E-state index contributed by atoms with van der Waals surface area (Å²) in [4.78, 5) is 19.0. The highest BCUT2D eigenvalue weighted by molar-refractivity contribution is 5.80. The molecule has 2 aromatic rings. The second-order valence-electron chi connectivity index (χ2n) is 5.59. The summed E-state index contributed by atoms with van der Waals surface area (Å²) >= 11 is 0. The topological polar surface area (TPSA) is 61.9 Å². The summed E-state index contributed by atoms with van der Waals surface area (Å²) in [6.07, 6.45) is 4.24. The van der Waals surface area contributed by atoms with Crippen molar-refractivity contribution in [2.24, 2.45) is 0 Å². The smallest absolute Gasteiger partial charge is 0.227 e. The fourth-order valence-corrected chi connectivity index (χ4v) is 3.03. The van der Waals surface area contributed by atoms with Gasteiger partial charge in [0.1, 0.15) is 0 Å². The molecule has 1 atom stereocenters. The molecule has 3 heterocycles. The molecule has 21 heavy (non-hydrogen) atoms. The minimum atomic E-state index is 0.117. The van der Waals surface area contributed by atoms with Crippen molar-refractivity contribution < 1.29 is 4.79 Å². The SMILES string of the molecule is Cc1n[nH]c(C)c1CC(=O)N1CCCC1c1ccccn1. The average Bonchev–Trinajstić information content (AvgIpc) is 3.10. The first-order chi connectivity index (χ1) is 10.2. The van der Waals surface area contributed by atoms with E-state index in [0.29, 0.717) is 6.42 Å². The summed E-state index contributed by atoms with van der Waals surface area (Å²) < 4.78 is 0. The highest BCUT2D eigenvalue weighted by Gasteiger charge is 2.31. The van der Waals surface area contributed by atoms with Gasteiger partial charge in [-0.1, -0.05) is 6.07 Å². The van der Waals surface area contributed by atoms with Crippen LogP contribution in [0.4, 0.5) is 0 Å². The molecule has 1 amide bonds. The van der Waals surface area contributed by atoms with E-state index in [1.54, 1.807) is 6.20 Å². The van der Waals surface area contributed by atoms with E-state index in [1.807, 2.05) is 36.9 Å². The molecule has 1 aliphatic rings. The molecule has 0 bridgehead atoms. The fraction of sp³-hybridized carbons (Fsp3) is 0.438.